The summed E-state index contributed by atoms with van der Waals surface area (Å²) in [4.78, 5) is 44.3. The van der Waals surface area contributed by atoms with Crippen molar-refractivity contribution in [1.29, 1.82) is 0 Å². The molecule has 0 spiro atoms. The summed E-state index contributed by atoms with van der Waals surface area (Å²) >= 11 is 0. The van der Waals surface area contributed by atoms with Gasteiger partial charge in [-0.15, -0.1) is 0 Å². The van der Waals surface area contributed by atoms with E-state index in [1.807, 2.05) is 28.8 Å². The number of likely N-dealkylation sites (N-methyl/N-ethyl adjacent to an activating group) is 1. The highest BCUT2D eigenvalue weighted by Gasteiger charge is 2.29. The predicted molar refractivity (Wildman–Crippen MR) is 172 cm³/mol. The molecular weight excluding hydrogens is 554 g/mol. The van der Waals surface area contributed by atoms with Crippen molar-refractivity contribution in [3.8, 4) is 11.3 Å². The molecule has 1 aromatic carbocycles. The van der Waals surface area contributed by atoms with Gasteiger partial charge in [0.15, 0.2) is 0 Å². The number of hydrogen-bond donors (Lipinski definition) is 2. The Hall–Kier alpha value is -4.25. The number of carbonyl (C=O) groups is 1. The predicted octanol–water partition coefficient (Wildman–Crippen LogP) is 4.10. The van der Waals surface area contributed by atoms with Crippen LogP contribution in [0.25, 0.3) is 22.3 Å². The third-order valence-corrected chi connectivity index (χ3v) is 9.61. The molecule has 0 bridgehead atoms. The van der Waals surface area contributed by atoms with Crippen LogP contribution in [-0.4, -0.2) is 74.2 Å². The number of rotatable bonds is 8. The van der Waals surface area contributed by atoms with Gasteiger partial charge in [-0.25, -0.2) is 9.97 Å². The first-order valence-corrected chi connectivity index (χ1v) is 15.9. The van der Waals surface area contributed by atoms with Crippen LogP contribution in [0.5, 0.6) is 0 Å². The Morgan fingerprint density at radius 3 is 2.66 bits per heavy atom. The van der Waals surface area contributed by atoms with Crippen LogP contribution in [0, 0.1) is 12.8 Å². The number of benzene rings is 1. The molecule has 2 atom stereocenters. The van der Waals surface area contributed by atoms with Gasteiger partial charge in [0.05, 0.1) is 23.6 Å². The lowest BCUT2D eigenvalue weighted by Gasteiger charge is -2.33. The number of carbonyl (C=O) groups excluding carboxylic acids is 1. The molecule has 2 saturated heterocycles. The number of aromatic nitrogens is 5. The Balaban J connectivity index is 1.17. The second-order valence-electron chi connectivity index (χ2n) is 12.7. The third-order valence-electron chi connectivity index (χ3n) is 9.61. The average molecular weight is 596 g/mol. The van der Waals surface area contributed by atoms with Gasteiger partial charge in [0.1, 0.15) is 5.65 Å². The van der Waals surface area contributed by atoms with Crippen LogP contribution in [0.2, 0.25) is 0 Å². The van der Waals surface area contributed by atoms with Gasteiger partial charge in [-0.1, -0.05) is 0 Å². The zero-order valence-electron chi connectivity index (χ0n) is 25.8. The molecule has 4 aromatic rings. The highest BCUT2D eigenvalue weighted by molar-refractivity contribution is 5.81. The maximum atomic E-state index is 14.0. The Morgan fingerprint density at radius 2 is 1.95 bits per heavy atom. The molecule has 11 heteroatoms. The van der Waals surface area contributed by atoms with E-state index in [0.717, 1.165) is 55.7 Å². The molecule has 44 heavy (non-hydrogen) atoms. The average Bonchev–Trinajstić information content (AvgIpc) is 3.58. The topological polar surface area (TPSA) is 113 Å². The molecule has 2 aliphatic heterocycles. The van der Waals surface area contributed by atoms with Gasteiger partial charge in [0, 0.05) is 74.8 Å². The number of hydrogen-bond acceptors (Lipinski definition) is 8. The SMILES string of the molecule is CC(=O)N1CCC(n2cnc(-c3cc4cnc(Nc5ccc(N(C)C6CCCNC6)cc5)nc4n(CC4CC4)c3=O)c2C)C1. The summed E-state index contributed by atoms with van der Waals surface area (Å²) in [6.07, 6.45) is 9.12. The molecule has 5 heterocycles. The Kier molecular flexibility index (Phi) is 7.57. The van der Waals surface area contributed by atoms with E-state index < -0.39 is 0 Å². The minimum Gasteiger partial charge on any atom is -0.370 e. The van der Waals surface area contributed by atoms with Crippen molar-refractivity contribution in [1.82, 2.24) is 34.3 Å². The number of pyridine rings is 1. The standard InChI is InChI=1S/C33H41N9O2/c1-21-30(36-20-42(21)28-12-14-40(19-28)22(2)43)29-15-24-16-35-33(38-31(24)41(32(29)44)18-23-6-7-23)37-25-8-10-26(11-9-25)39(3)27-5-4-13-34-17-27/h8-11,15-16,20,23,27-28,34H,4-7,12-14,17-19H2,1-3H3,(H,35,37,38). The molecule has 7 rings (SSSR count). The number of likely N-dealkylation sites (tertiary alicyclic amines) is 1. The molecule has 3 aromatic heterocycles. The van der Waals surface area contributed by atoms with Crippen LogP contribution < -0.4 is 21.1 Å². The zero-order valence-corrected chi connectivity index (χ0v) is 25.8. The molecule has 0 radical (unpaired) electrons. The van der Waals surface area contributed by atoms with E-state index in [4.69, 9.17) is 9.97 Å². The summed E-state index contributed by atoms with van der Waals surface area (Å²) in [5.41, 5.74) is 4.80. The Labute approximate surface area is 257 Å². The molecule has 3 aliphatic rings. The van der Waals surface area contributed by atoms with Gasteiger partial charge in [-0.3, -0.25) is 14.2 Å². The van der Waals surface area contributed by atoms with Gasteiger partial charge in [0.2, 0.25) is 11.9 Å². The van der Waals surface area contributed by atoms with Crippen molar-refractivity contribution in [3.63, 3.8) is 0 Å². The molecule has 1 saturated carbocycles. The summed E-state index contributed by atoms with van der Waals surface area (Å²) in [6.45, 7) is 7.76. The fraction of sp³-hybridized carbons (Fsp3) is 0.485. The number of anilines is 3. The minimum atomic E-state index is -0.0798. The number of nitrogens with zero attached hydrogens (tertiary/aromatic N) is 7. The van der Waals surface area contributed by atoms with Gasteiger partial charge in [-0.05, 0) is 81.8 Å². The van der Waals surface area contributed by atoms with E-state index in [-0.39, 0.29) is 17.5 Å². The zero-order chi connectivity index (χ0) is 30.4. The summed E-state index contributed by atoms with van der Waals surface area (Å²) < 4.78 is 3.93. The Morgan fingerprint density at radius 1 is 1.14 bits per heavy atom. The third kappa shape index (κ3) is 5.56. The van der Waals surface area contributed by atoms with Crippen LogP contribution in [0.3, 0.4) is 0 Å². The van der Waals surface area contributed by atoms with E-state index in [2.05, 4.69) is 56.4 Å². The second kappa shape index (κ2) is 11.7. The largest absolute Gasteiger partial charge is 0.370 e. The highest BCUT2D eigenvalue weighted by atomic mass is 16.2. The number of piperidine rings is 1. The van der Waals surface area contributed by atoms with Crippen molar-refractivity contribution in [2.75, 3.05) is 43.4 Å². The lowest BCUT2D eigenvalue weighted by atomic mass is 10.1. The molecule has 2 N–H and O–H groups in total. The first-order chi connectivity index (χ1) is 21.4. The van der Waals surface area contributed by atoms with E-state index in [1.165, 1.54) is 18.5 Å². The van der Waals surface area contributed by atoms with Crippen molar-refractivity contribution in [2.24, 2.45) is 5.92 Å². The number of nitrogens with one attached hydrogen (secondary N) is 2. The summed E-state index contributed by atoms with van der Waals surface area (Å²) in [7, 11) is 2.16. The lowest BCUT2D eigenvalue weighted by molar-refractivity contribution is -0.127. The van der Waals surface area contributed by atoms with Crippen molar-refractivity contribution in [3.05, 3.63) is 58.9 Å². The maximum absolute atomic E-state index is 14.0. The second-order valence-corrected chi connectivity index (χ2v) is 12.7. The molecular formula is C33H41N9O2. The molecule has 1 amide bonds. The molecule has 1 aliphatic carbocycles. The van der Waals surface area contributed by atoms with Crippen molar-refractivity contribution < 1.29 is 4.79 Å². The first kappa shape index (κ1) is 28.5. The molecule has 3 fully saturated rings. The van der Waals surface area contributed by atoms with Gasteiger partial charge in [-0.2, -0.15) is 4.98 Å². The van der Waals surface area contributed by atoms with E-state index >= 15 is 0 Å². The highest BCUT2D eigenvalue weighted by Crippen LogP contribution is 2.33. The van der Waals surface area contributed by atoms with Crippen LogP contribution in [0.4, 0.5) is 17.3 Å². The fourth-order valence-corrected chi connectivity index (χ4v) is 6.71. The van der Waals surface area contributed by atoms with Crippen LogP contribution >= 0.6 is 0 Å². The summed E-state index contributed by atoms with van der Waals surface area (Å²) in [5, 5.41) is 7.64. The number of amides is 1. The maximum Gasteiger partial charge on any atom is 0.261 e. The lowest BCUT2D eigenvalue weighted by Crippen LogP contribution is -2.44. The molecule has 230 valence electrons. The van der Waals surface area contributed by atoms with E-state index in [1.54, 1.807) is 13.1 Å². The molecule has 11 nitrogen and oxygen atoms in total. The normalized spacial score (nSPS) is 20.3. The molecule has 2 unspecified atom stereocenters. The van der Waals surface area contributed by atoms with Crippen LogP contribution in [0.15, 0.2) is 47.7 Å². The van der Waals surface area contributed by atoms with Crippen LogP contribution in [-0.2, 0) is 11.3 Å². The van der Waals surface area contributed by atoms with E-state index in [9.17, 15) is 9.59 Å². The number of imidazole rings is 1. The summed E-state index contributed by atoms with van der Waals surface area (Å²) in [5.74, 6) is 1.04. The van der Waals surface area contributed by atoms with Gasteiger partial charge >= 0.3 is 0 Å². The minimum absolute atomic E-state index is 0.0798. The first-order valence-electron chi connectivity index (χ1n) is 15.9. The van der Waals surface area contributed by atoms with Crippen molar-refractivity contribution in [2.45, 2.75) is 64.6 Å². The number of fused-ring (bicyclic) bond motifs is 1. The Bertz CT molecular complexity index is 1730. The van der Waals surface area contributed by atoms with Gasteiger partial charge < -0.3 is 25.0 Å². The van der Waals surface area contributed by atoms with E-state index in [0.29, 0.717) is 47.9 Å². The van der Waals surface area contributed by atoms with Crippen molar-refractivity contribution >= 4 is 34.3 Å². The monoisotopic (exact) mass is 595 g/mol. The van der Waals surface area contributed by atoms with Crippen LogP contribution in [0.1, 0.15) is 50.8 Å². The fourth-order valence-electron chi connectivity index (χ4n) is 6.71. The quantitative estimate of drug-likeness (QED) is 0.313. The summed E-state index contributed by atoms with van der Waals surface area (Å²) in [6, 6.07) is 10.9. The van der Waals surface area contributed by atoms with Gasteiger partial charge in [0.25, 0.3) is 5.56 Å². The smallest absolute Gasteiger partial charge is 0.261 e.